The summed E-state index contributed by atoms with van der Waals surface area (Å²) < 4.78 is 26.2. The number of nitrogens with one attached hydrogen (secondary N) is 3. The molecule has 8 atom stereocenters. The van der Waals surface area contributed by atoms with E-state index >= 15 is 0 Å². The summed E-state index contributed by atoms with van der Waals surface area (Å²) in [6, 6.07) is 12.7. The number of amidine groups is 1. The van der Waals surface area contributed by atoms with Gasteiger partial charge in [0.25, 0.3) is 11.7 Å². The van der Waals surface area contributed by atoms with Crippen LogP contribution >= 0.6 is 0 Å². The second-order valence-corrected chi connectivity index (χ2v) is 16.7. The molecule has 19 heteroatoms. The zero-order chi connectivity index (χ0) is 45.1. The molecule has 334 valence electrons. The third-order valence-electron chi connectivity index (χ3n) is 12.9. The number of carbonyl (C=O) groups is 4. The van der Waals surface area contributed by atoms with E-state index < -0.39 is 97.3 Å². The summed E-state index contributed by atoms with van der Waals surface area (Å²) in [6.45, 7) is -1.76. The van der Waals surface area contributed by atoms with Crippen molar-refractivity contribution in [3.8, 4) is 11.5 Å². The Kier molecular flexibility index (Phi) is 11.4. The second kappa shape index (κ2) is 16.8. The topological polar surface area (TPSA) is 292 Å². The van der Waals surface area contributed by atoms with Crippen LogP contribution in [0.15, 0.2) is 70.9 Å². The fourth-order valence-corrected chi connectivity index (χ4v) is 9.70. The average Bonchev–Trinajstić information content (AvgIpc) is 3.94. The zero-order valence-electron chi connectivity index (χ0n) is 34.2. The van der Waals surface area contributed by atoms with Crippen molar-refractivity contribution < 1.29 is 73.7 Å². The predicted molar refractivity (Wildman–Crippen MR) is 222 cm³/mol. The van der Waals surface area contributed by atoms with Crippen molar-refractivity contribution in [3.05, 3.63) is 99.8 Å². The van der Waals surface area contributed by atoms with Crippen molar-refractivity contribution in [1.82, 2.24) is 5.32 Å². The second-order valence-electron chi connectivity index (χ2n) is 16.7. The third-order valence-corrected chi connectivity index (χ3v) is 12.9. The highest BCUT2D eigenvalue weighted by atomic mass is 16.7. The van der Waals surface area contributed by atoms with Gasteiger partial charge in [0, 0.05) is 53.2 Å². The number of ketones is 2. The van der Waals surface area contributed by atoms with Gasteiger partial charge in [-0.15, -0.1) is 0 Å². The number of ether oxygens (including phenoxy) is 4. The molecule has 19 nitrogen and oxygen atoms in total. The minimum Gasteiger partial charge on any atom is -0.492 e. The number of quaternary nitrogens is 1. The quantitative estimate of drug-likeness (QED) is 0.0918. The molecule has 4 heterocycles. The van der Waals surface area contributed by atoms with Gasteiger partial charge < -0.3 is 54.4 Å². The van der Waals surface area contributed by atoms with E-state index in [1.54, 1.807) is 30.3 Å². The lowest BCUT2D eigenvalue weighted by Crippen LogP contribution is -3.09. The van der Waals surface area contributed by atoms with Crippen molar-refractivity contribution >= 4 is 47.0 Å². The Bertz CT molecular complexity index is 2550. The summed E-state index contributed by atoms with van der Waals surface area (Å²) >= 11 is 0. The summed E-state index contributed by atoms with van der Waals surface area (Å²) in [5.41, 5.74) is -2.86. The van der Waals surface area contributed by atoms with E-state index in [1.165, 1.54) is 30.5 Å². The number of hydrogen-bond acceptors (Lipinski definition) is 16. The Morgan fingerprint density at radius 2 is 1.80 bits per heavy atom. The highest BCUT2D eigenvalue weighted by molar-refractivity contribution is 6.68. The largest absolute Gasteiger partial charge is 0.492 e. The van der Waals surface area contributed by atoms with Gasteiger partial charge in [-0.3, -0.25) is 25.1 Å². The molecule has 9 N–H and O–H groups in total. The number of rotatable bonds is 10. The Balaban J connectivity index is 1.33. The van der Waals surface area contributed by atoms with E-state index in [4.69, 9.17) is 24.4 Å². The molecule has 3 aromatic carbocycles. The van der Waals surface area contributed by atoms with Gasteiger partial charge in [0.15, 0.2) is 35.3 Å². The highest BCUT2D eigenvalue weighted by Gasteiger charge is 2.62. The first-order chi connectivity index (χ1) is 30.8. The highest BCUT2D eigenvalue weighted by Crippen LogP contribution is 2.51. The number of guanidine groups is 1. The summed E-state index contributed by atoms with van der Waals surface area (Å²) in [5, 5.41) is 77.5. The molecule has 1 spiro atoms. The number of aliphatic hydroxyl groups is 6. The molecule has 0 aromatic heterocycles. The Morgan fingerprint density at radius 1 is 1.02 bits per heavy atom. The van der Waals surface area contributed by atoms with E-state index in [1.807, 2.05) is 0 Å². The van der Waals surface area contributed by atoms with Crippen LogP contribution in [0.4, 0.5) is 5.69 Å². The van der Waals surface area contributed by atoms with Crippen LogP contribution in [0.25, 0.3) is 0 Å². The third kappa shape index (κ3) is 7.04. The number of nitrogens with zero attached hydrogens (tertiary/aromatic N) is 2. The maximum Gasteiger partial charge on any atom is 0.284 e. The van der Waals surface area contributed by atoms with Gasteiger partial charge in [0.1, 0.15) is 42.5 Å². The standard InChI is InChI=1S/C45H45N5O14/c46-43-48-40-32(41(59)49-43)47-21-50(40)30-6-2-1-5-25(30)24-10-16-62-44(11-3-4-12-44)39-35(57)38(58)45(60,13-15-52)42(64-39)63-36-28(24)18-29-31(37(36)61-20-23(54)9-14-51)34(56)27-17-22(19-53)7-8-26(27)33(29)55/h1-2,5-8,10,14,16-18,23-24,35,38-39,42,52-54,57-58,60H,3-4,9,11-13,15,19-21H2,(H2,46,49,59)/p+1/b16-10-/t23-,24+,35-,38-,39-,42+,45+/m1/s1. The summed E-state index contributed by atoms with van der Waals surface area (Å²) in [7, 11) is 0. The molecule has 1 unspecified atom stereocenters. The van der Waals surface area contributed by atoms with Crippen LogP contribution in [0.5, 0.6) is 11.5 Å². The molecule has 1 amide bonds. The number of aliphatic imine (C=N–C) groups is 2. The molecule has 1 saturated carbocycles. The minimum atomic E-state index is -2.53. The van der Waals surface area contributed by atoms with Crippen molar-refractivity contribution in [2.75, 3.05) is 19.9 Å². The molecule has 2 aliphatic carbocycles. The number of benzene rings is 3. The van der Waals surface area contributed by atoms with Crippen LogP contribution < -0.4 is 19.7 Å². The van der Waals surface area contributed by atoms with Gasteiger partial charge in [-0.25, -0.2) is 9.89 Å². The first-order valence-corrected chi connectivity index (χ1v) is 21.0. The summed E-state index contributed by atoms with van der Waals surface area (Å²) in [5.74, 6) is -3.93. The van der Waals surface area contributed by atoms with Crippen molar-refractivity contribution in [1.29, 1.82) is 5.41 Å². The molecule has 1 saturated heterocycles. The Labute approximate surface area is 364 Å². The first kappa shape index (κ1) is 43.2. The van der Waals surface area contributed by atoms with Gasteiger partial charge in [-0.2, -0.15) is 4.99 Å². The Morgan fingerprint density at radius 3 is 2.55 bits per heavy atom. The molecule has 0 radical (unpaired) electrons. The number of aldehydes is 1. The molecule has 2 fully saturated rings. The molecule has 2 bridgehead atoms. The van der Waals surface area contributed by atoms with E-state index in [9.17, 15) is 49.8 Å². The van der Waals surface area contributed by atoms with Crippen molar-refractivity contribution in [2.45, 2.75) is 93.0 Å². The number of hydrogen-bond donors (Lipinski definition) is 9. The van der Waals surface area contributed by atoms with Crippen LogP contribution in [-0.4, -0.2) is 134 Å². The summed E-state index contributed by atoms with van der Waals surface area (Å²) in [4.78, 5) is 63.2. The smallest absolute Gasteiger partial charge is 0.284 e. The maximum absolute atomic E-state index is 14.8. The number of fused-ring (bicyclic) bond motifs is 7. The van der Waals surface area contributed by atoms with Gasteiger partial charge in [-0.05, 0) is 61.6 Å². The fourth-order valence-electron chi connectivity index (χ4n) is 9.70. The first-order valence-electron chi connectivity index (χ1n) is 21.0. The normalized spacial score (nSPS) is 28.8. The van der Waals surface area contributed by atoms with E-state index in [-0.39, 0.29) is 64.2 Å². The van der Waals surface area contributed by atoms with Gasteiger partial charge >= 0.3 is 0 Å². The number of aliphatic hydroxyl groups excluding tert-OH is 5. The molecule has 64 heavy (non-hydrogen) atoms. The summed E-state index contributed by atoms with van der Waals surface area (Å²) in [6.07, 6.45) is -3.81. The maximum atomic E-state index is 14.8. The van der Waals surface area contributed by atoms with Gasteiger partial charge in [0.2, 0.25) is 18.0 Å². The minimum absolute atomic E-state index is 0.000382. The van der Waals surface area contributed by atoms with Crippen LogP contribution in [0.2, 0.25) is 0 Å². The molecular weight excluding hydrogens is 835 g/mol. The lowest BCUT2D eigenvalue weighted by Gasteiger charge is -2.51. The SMILES string of the molecule is N=C1N=C2C(=NC[NH+]2c2ccccc2[C@@H]2/C=C\OC3(CCCC3)[C@@H]3O[C@H](Oc4c2cc2c(c4OC[C@H](O)CC=O)C(=O)c4cc(CO)ccc4C2=O)[C@](O)(CCO)[C@H](O)[C@H]3O)C(=O)N1. The van der Waals surface area contributed by atoms with Crippen molar-refractivity contribution in [3.63, 3.8) is 0 Å². The van der Waals surface area contributed by atoms with E-state index in [0.29, 0.717) is 53.7 Å². The Hall–Kier alpha value is -6.03. The zero-order valence-corrected chi connectivity index (χ0v) is 34.2. The van der Waals surface area contributed by atoms with Gasteiger partial charge in [0.05, 0.1) is 24.5 Å². The van der Waals surface area contributed by atoms with Crippen LogP contribution in [0, 0.1) is 5.41 Å². The molecule has 3 aromatic rings. The van der Waals surface area contributed by atoms with E-state index in [2.05, 4.69) is 15.3 Å². The number of para-hydroxylation sites is 1. The molecule has 6 aliphatic rings. The number of carbonyl (C=O) groups excluding carboxylic acids is 4. The molecule has 4 aliphatic heterocycles. The van der Waals surface area contributed by atoms with Gasteiger partial charge in [-0.1, -0.05) is 24.3 Å². The van der Waals surface area contributed by atoms with Crippen LogP contribution in [-0.2, 0) is 25.7 Å². The number of allylic oxidation sites excluding steroid dienone is 1. The lowest BCUT2D eigenvalue weighted by molar-refractivity contribution is -0.723. The predicted octanol–water partition coefficient (Wildman–Crippen LogP) is -0.398. The van der Waals surface area contributed by atoms with Crippen molar-refractivity contribution in [2.24, 2.45) is 9.98 Å². The van der Waals surface area contributed by atoms with Crippen LogP contribution in [0.3, 0.4) is 0 Å². The molecular formula is C45H46N5O14+. The van der Waals surface area contributed by atoms with E-state index in [0.717, 1.165) is 0 Å². The number of amides is 1. The monoisotopic (exact) mass is 880 g/mol. The lowest BCUT2D eigenvalue weighted by atomic mass is 9.78. The molecule has 9 rings (SSSR count). The average molecular weight is 881 g/mol. The van der Waals surface area contributed by atoms with Crippen LogP contribution in [0.1, 0.15) is 93.0 Å². The fraction of sp³-hybridized carbons (Fsp3) is 0.400.